The molecule has 118 valence electrons. The maximum Gasteiger partial charge on any atom is 0.226 e. The van der Waals surface area contributed by atoms with Crippen molar-refractivity contribution in [3.8, 4) is 0 Å². The third kappa shape index (κ3) is 2.22. The van der Waals surface area contributed by atoms with Crippen molar-refractivity contribution in [2.75, 3.05) is 20.2 Å². The predicted octanol–water partition coefficient (Wildman–Crippen LogP) is 1.70. The van der Waals surface area contributed by atoms with Crippen LogP contribution in [-0.2, 0) is 9.53 Å². The molecule has 4 heteroatoms. The van der Waals surface area contributed by atoms with Crippen LogP contribution in [-0.4, -0.2) is 38.3 Å². The molecule has 5 fully saturated rings. The number of amides is 1. The van der Waals surface area contributed by atoms with Gasteiger partial charge in [-0.15, -0.1) is 0 Å². The number of hydrogen-bond acceptors (Lipinski definition) is 3. The summed E-state index contributed by atoms with van der Waals surface area (Å²) in [6.45, 7) is 4.10. The van der Waals surface area contributed by atoms with Crippen LogP contribution in [0.1, 0.15) is 45.4 Å². The van der Waals surface area contributed by atoms with Crippen LogP contribution in [0.15, 0.2) is 0 Å². The van der Waals surface area contributed by atoms with E-state index in [2.05, 4.69) is 17.6 Å². The zero-order chi connectivity index (χ0) is 14.7. The zero-order valence-corrected chi connectivity index (χ0v) is 13.3. The van der Waals surface area contributed by atoms with Crippen LogP contribution in [0.5, 0.6) is 0 Å². The van der Waals surface area contributed by atoms with E-state index in [0.717, 1.165) is 44.2 Å². The molecule has 1 aliphatic heterocycles. The molecule has 1 amide bonds. The van der Waals surface area contributed by atoms with Crippen molar-refractivity contribution < 1.29 is 9.53 Å². The van der Waals surface area contributed by atoms with Gasteiger partial charge < -0.3 is 15.4 Å². The fraction of sp³-hybridized carbons (Fsp3) is 0.941. The minimum atomic E-state index is -0.0697. The highest BCUT2D eigenvalue weighted by Crippen LogP contribution is 2.65. The van der Waals surface area contributed by atoms with Crippen molar-refractivity contribution in [2.24, 2.45) is 22.7 Å². The molecule has 1 heterocycles. The van der Waals surface area contributed by atoms with Gasteiger partial charge in [0.2, 0.25) is 5.91 Å². The highest BCUT2D eigenvalue weighted by atomic mass is 16.5. The Kier molecular flexibility index (Phi) is 3.13. The summed E-state index contributed by atoms with van der Waals surface area (Å²) < 4.78 is 5.49. The number of ether oxygens (including phenoxy) is 1. The van der Waals surface area contributed by atoms with Crippen molar-refractivity contribution in [1.82, 2.24) is 10.6 Å². The topological polar surface area (TPSA) is 50.4 Å². The van der Waals surface area contributed by atoms with Gasteiger partial charge in [0.15, 0.2) is 0 Å². The van der Waals surface area contributed by atoms with E-state index in [-0.39, 0.29) is 17.6 Å². The summed E-state index contributed by atoms with van der Waals surface area (Å²) in [5.74, 6) is 1.91. The SMILES string of the molecule is CO[C@H]1CNCC1NC(=O)C12CC3CC(CC(C)(C3)C1)C2. The van der Waals surface area contributed by atoms with Crippen molar-refractivity contribution >= 4 is 5.91 Å². The number of nitrogens with one attached hydrogen (secondary N) is 2. The monoisotopic (exact) mass is 292 g/mol. The molecule has 21 heavy (non-hydrogen) atoms. The number of carbonyl (C=O) groups excluding carboxylic acids is 1. The Morgan fingerprint density at radius 2 is 1.90 bits per heavy atom. The Morgan fingerprint density at radius 1 is 1.19 bits per heavy atom. The first-order valence-corrected chi connectivity index (χ1v) is 8.56. The van der Waals surface area contributed by atoms with Crippen LogP contribution in [0.2, 0.25) is 0 Å². The summed E-state index contributed by atoms with van der Waals surface area (Å²) in [6, 6.07) is 0.142. The van der Waals surface area contributed by atoms with Crippen molar-refractivity contribution in [3.05, 3.63) is 0 Å². The van der Waals surface area contributed by atoms with E-state index < -0.39 is 0 Å². The fourth-order valence-corrected chi connectivity index (χ4v) is 6.35. The molecule has 0 radical (unpaired) electrons. The van der Waals surface area contributed by atoms with Crippen LogP contribution in [0.4, 0.5) is 0 Å². The van der Waals surface area contributed by atoms with Crippen molar-refractivity contribution in [3.63, 3.8) is 0 Å². The van der Waals surface area contributed by atoms with Gasteiger partial charge in [0, 0.05) is 20.2 Å². The number of carbonyl (C=O) groups is 1. The van der Waals surface area contributed by atoms with Crippen molar-refractivity contribution in [2.45, 2.75) is 57.6 Å². The Morgan fingerprint density at radius 3 is 2.52 bits per heavy atom. The molecule has 3 unspecified atom stereocenters. The largest absolute Gasteiger partial charge is 0.378 e. The average molecular weight is 292 g/mol. The van der Waals surface area contributed by atoms with Crippen molar-refractivity contribution in [1.29, 1.82) is 0 Å². The minimum absolute atomic E-state index is 0.0697. The van der Waals surface area contributed by atoms with Gasteiger partial charge in [-0.1, -0.05) is 6.92 Å². The van der Waals surface area contributed by atoms with Gasteiger partial charge in [-0.3, -0.25) is 4.79 Å². The third-order valence-electron chi connectivity index (χ3n) is 6.61. The summed E-state index contributed by atoms with van der Waals surface area (Å²) in [4.78, 5) is 13.1. The lowest BCUT2D eigenvalue weighted by Gasteiger charge is -2.60. The van der Waals surface area contributed by atoms with E-state index in [1.807, 2.05) is 0 Å². The summed E-state index contributed by atoms with van der Waals surface area (Å²) in [6.07, 6.45) is 7.56. The number of hydrogen-bond donors (Lipinski definition) is 2. The average Bonchev–Trinajstić information content (AvgIpc) is 2.83. The van der Waals surface area contributed by atoms with Crippen LogP contribution < -0.4 is 10.6 Å². The zero-order valence-electron chi connectivity index (χ0n) is 13.3. The molecule has 0 spiro atoms. The molecule has 0 aromatic heterocycles. The first-order chi connectivity index (χ1) is 10.0. The summed E-state index contributed by atoms with van der Waals surface area (Å²) >= 11 is 0. The second kappa shape index (κ2) is 4.69. The second-order valence-corrected chi connectivity index (χ2v) is 8.56. The van der Waals surface area contributed by atoms with Crippen LogP contribution in [0, 0.1) is 22.7 Å². The van der Waals surface area contributed by atoms with Crippen LogP contribution >= 0.6 is 0 Å². The lowest BCUT2D eigenvalue weighted by atomic mass is 9.44. The lowest BCUT2D eigenvalue weighted by molar-refractivity contribution is -0.156. The van der Waals surface area contributed by atoms with E-state index >= 15 is 0 Å². The quantitative estimate of drug-likeness (QED) is 0.832. The van der Waals surface area contributed by atoms with E-state index in [1.54, 1.807) is 7.11 Å². The van der Waals surface area contributed by atoms with Crippen LogP contribution in [0.25, 0.3) is 0 Å². The van der Waals surface area contributed by atoms with Gasteiger partial charge in [0.25, 0.3) is 0 Å². The molecule has 2 N–H and O–H groups in total. The van der Waals surface area contributed by atoms with Gasteiger partial charge >= 0.3 is 0 Å². The minimum Gasteiger partial charge on any atom is -0.378 e. The van der Waals surface area contributed by atoms with Gasteiger partial charge in [-0.05, 0) is 55.8 Å². The smallest absolute Gasteiger partial charge is 0.226 e. The van der Waals surface area contributed by atoms with E-state index in [4.69, 9.17) is 4.74 Å². The normalized spacial score (nSPS) is 51.3. The maximum absolute atomic E-state index is 13.1. The molecule has 4 saturated carbocycles. The molecule has 0 aromatic rings. The molecule has 4 bridgehead atoms. The molecule has 1 saturated heterocycles. The molecular weight excluding hydrogens is 264 g/mol. The molecular formula is C17H28N2O2. The molecule has 4 atom stereocenters. The predicted molar refractivity (Wildman–Crippen MR) is 80.8 cm³/mol. The summed E-state index contributed by atoms with van der Waals surface area (Å²) in [5.41, 5.74) is 0.357. The Bertz CT molecular complexity index is 436. The number of rotatable bonds is 3. The summed E-state index contributed by atoms with van der Waals surface area (Å²) in [5, 5.41) is 6.65. The molecule has 0 aromatic carbocycles. The summed E-state index contributed by atoms with van der Waals surface area (Å²) in [7, 11) is 1.74. The Labute approximate surface area is 127 Å². The lowest BCUT2D eigenvalue weighted by Crippen LogP contribution is -2.59. The van der Waals surface area contributed by atoms with E-state index in [9.17, 15) is 4.79 Å². The highest BCUT2D eigenvalue weighted by Gasteiger charge is 2.59. The first-order valence-electron chi connectivity index (χ1n) is 8.56. The standard InChI is InChI=1S/C17H28N2O2/c1-16-4-11-3-12(5-16)7-17(6-11,10-16)15(20)19-13-8-18-9-14(13)21-2/h11-14,18H,3-10H2,1-2H3,(H,19,20)/t11?,12?,13?,14-,16?,17?/m0/s1. The molecule has 5 rings (SSSR count). The molecule has 5 aliphatic rings. The van der Waals surface area contributed by atoms with Gasteiger partial charge in [0.05, 0.1) is 17.6 Å². The Balaban J connectivity index is 1.51. The highest BCUT2D eigenvalue weighted by molar-refractivity contribution is 5.83. The molecule has 4 aliphatic carbocycles. The Hall–Kier alpha value is -0.610. The second-order valence-electron chi connectivity index (χ2n) is 8.56. The third-order valence-corrected chi connectivity index (χ3v) is 6.61. The van der Waals surface area contributed by atoms with Gasteiger partial charge in [-0.25, -0.2) is 0 Å². The number of methoxy groups -OCH3 is 1. The van der Waals surface area contributed by atoms with Gasteiger partial charge in [-0.2, -0.15) is 0 Å². The van der Waals surface area contributed by atoms with E-state index in [0.29, 0.717) is 11.3 Å². The molecule has 4 nitrogen and oxygen atoms in total. The van der Waals surface area contributed by atoms with E-state index in [1.165, 1.54) is 19.3 Å². The first kappa shape index (κ1) is 14.0. The fourth-order valence-electron chi connectivity index (χ4n) is 6.35. The van der Waals surface area contributed by atoms with Gasteiger partial charge in [0.1, 0.15) is 0 Å². The maximum atomic E-state index is 13.1. The van der Waals surface area contributed by atoms with Crippen LogP contribution in [0.3, 0.4) is 0 Å².